The van der Waals surface area contributed by atoms with Gasteiger partial charge < -0.3 is 19.5 Å². The van der Waals surface area contributed by atoms with Gasteiger partial charge in [0, 0.05) is 53.4 Å². The van der Waals surface area contributed by atoms with Crippen molar-refractivity contribution < 1.29 is 4.74 Å². The molecule has 0 unspecified atom stereocenters. The fraction of sp³-hybridized carbons (Fsp3) is 0.550. The van der Waals surface area contributed by atoms with Gasteiger partial charge in [-0.05, 0) is 18.9 Å². The predicted octanol–water partition coefficient (Wildman–Crippen LogP) is 2.26. The van der Waals surface area contributed by atoms with E-state index in [0.717, 1.165) is 57.4 Å². The van der Waals surface area contributed by atoms with E-state index in [-0.39, 0.29) is 0 Å². The van der Waals surface area contributed by atoms with Gasteiger partial charge in [-0.15, -0.1) is 10.2 Å². The Labute approximate surface area is 162 Å². The lowest BCUT2D eigenvalue weighted by atomic mass is 10.1. The molecular formula is C20H32N6O. The van der Waals surface area contributed by atoms with Crippen molar-refractivity contribution in [3.05, 3.63) is 47.5 Å². The monoisotopic (exact) mass is 372 g/mol. The number of rotatable bonds is 10. The summed E-state index contributed by atoms with van der Waals surface area (Å²) in [5.41, 5.74) is 2.54. The summed E-state index contributed by atoms with van der Waals surface area (Å²) in [4.78, 5) is 6.90. The number of nitrogens with one attached hydrogen (secondary N) is 1. The Kier molecular flexibility index (Phi) is 8.77. The molecule has 148 valence electrons. The SMILES string of the molecule is CCc1nncn1CCNC(=NCCCOC)N(C)Cc1ccc(C)cc1. The third kappa shape index (κ3) is 7.02. The molecule has 7 nitrogen and oxygen atoms in total. The molecule has 7 heteroatoms. The fourth-order valence-corrected chi connectivity index (χ4v) is 2.78. The zero-order valence-corrected chi connectivity index (χ0v) is 17.0. The molecule has 1 N–H and O–H groups in total. The molecule has 0 aliphatic carbocycles. The van der Waals surface area contributed by atoms with Crippen LogP contribution in [0.4, 0.5) is 0 Å². The molecule has 0 saturated carbocycles. The summed E-state index contributed by atoms with van der Waals surface area (Å²) in [6.07, 6.45) is 3.57. The van der Waals surface area contributed by atoms with E-state index in [4.69, 9.17) is 9.73 Å². The molecule has 0 radical (unpaired) electrons. The lowest BCUT2D eigenvalue weighted by Crippen LogP contribution is -2.40. The highest BCUT2D eigenvalue weighted by molar-refractivity contribution is 5.79. The molecule has 2 aromatic rings. The van der Waals surface area contributed by atoms with E-state index < -0.39 is 0 Å². The second-order valence-corrected chi connectivity index (χ2v) is 6.61. The summed E-state index contributed by atoms with van der Waals surface area (Å²) < 4.78 is 7.20. The van der Waals surface area contributed by atoms with Crippen molar-refractivity contribution in [1.82, 2.24) is 25.0 Å². The van der Waals surface area contributed by atoms with Crippen molar-refractivity contribution in [2.24, 2.45) is 4.99 Å². The Morgan fingerprint density at radius 2 is 2.07 bits per heavy atom. The first kappa shape index (κ1) is 20.9. The molecule has 0 bridgehead atoms. The molecule has 1 aromatic carbocycles. The second-order valence-electron chi connectivity index (χ2n) is 6.61. The molecule has 0 spiro atoms. The molecule has 0 aliphatic rings. The summed E-state index contributed by atoms with van der Waals surface area (Å²) in [5, 5.41) is 11.6. The van der Waals surface area contributed by atoms with Crippen molar-refractivity contribution >= 4 is 5.96 Å². The average molecular weight is 373 g/mol. The van der Waals surface area contributed by atoms with E-state index in [1.165, 1.54) is 11.1 Å². The van der Waals surface area contributed by atoms with Crippen LogP contribution in [0.15, 0.2) is 35.6 Å². The second kappa shape index (κ2) is 11.3. The van der Waals surface area contributed by atoms with E-state index in [1.807, 2.05) is 0 Å². The van der Waals surface area contributed by atoms with Crippen molar-refractivity contribution in [1.29, 1.82) is 0 Å². The van der Waals surface area contributed by atoms with E-state index in [0.29, 0.717) is 0 Å². The molecule has 0 atom stereocenters. The molecule has 0 saturated heterocycles. The summed E-state index contributed by atoms with van der Waals surface area (Å²) in [7, 11) is 3.79. The number of benzene rings is 1. The molecule has 1 heterocycles. The van der Waals surface area contributed by atoms with Gasteiger partial charge in [0.25, 0.3) is 0 Å². The normalized spacial score (nSPS) is 11.6. The Bertz CT molecular complexity index is 695. The number of hydrogen-bond donors (Lipinski definition) is 1. The largest absolute Gasteiger partial charge is 0.385 e. The van der Waals surface area contributed by atoms with Crippen LogP contribution in [0.25, 0.3) is 0 Å². The lowest BCUT2D eigenvalue weighted by molar-refractivity contribution is 0.197. The molecular weight excluding hydrogens is 340 g/mol. The van der Waals surface area contributed by atoms with Gasteiger partial charge in [-0.3, -0.25) is 4.99 Å². The summed E-state index contributed by atoms with van der Waals surface area (Å²) in [5.74, 6) is 1.90. The molecule has 2 rings (SSSR count). The average Bonchev–Trinajstić information content (AvgIpc) is 3.13. The van der Waals surface area contributed by atoms with Crippen molar-refractivity contribution in [2.45, 2.75) is 39.8 Å². The third-order valence-electron chi connectivity index (χ3n) is 4.32. The minimum atomic E-state index is 0.721. The van der Waals surface area contributed by atoms with Gasteiger partial charge in [0.1, 0.15) is 12.2 Å². The van der Waals surface area contributed by atoms with Gasteiger partial charge in [0.05, 0.1) is 0 Å². The summed E-state index contributed by atoms with van der Waals surface area (Å²) in [6.45, 7) is 8.04. The van der Waals surface area contributed by atoms with Crippen LogP contribution in [-0.4, -0.2) is 59.5 Å². The van der Waals surface area contributed by atoms with Crippen molar-refractivity contribution in [3.8, 4) is 0 Å². The number of hydrogen-bond acceptors (Lipinski definition) is 4. The molecule has 0 amide bonds. The zero-order chi connectivity index (χ0) is 19.5. The minimum Gasteiger partial charge on any atom is -0.385 e. The van der Waals surface area contributed by atoms with Crippen LogP contribution in [0, 0.1) is 6.92 Å². The zero-order valence-electron chi connectivity index (χ0n) is 17.0. The van der Waals surface area contributed by atoms with Gasteiger partial charge in [0.15, 0.2) is 5.96 Å². The maximum Gasteiger partial charge on any atom is 0.194 e. The Morgan fingerprint density at radius 3 is 2.78 bits per heavy atom. The summed E-state index contributed by atoms with van der Waals surface area (Å²) >= 11 is 0. The minimum absolute atomic E-state index is 0.721. The number of methoxy groups -OCH3 is 1. The van der Waals surface area contributed by atoms with Gasteiger partial charge in [-0.2, -0.15) is 0 Å². The number of guanidine groups is 1. The van der Waals surface area contributed by atoms with Crippen LogP contribution in [-0.2, 0) is 24.2 Å². The Balaban J connectivity index is 1.95. The number of aryl methyl sites for hydroxylation is 2. The molecule has 27 heavy (non-hydrogen) atoms. The molecule has 1 aromatic heterocycles. The van der Waals surface area contributed by atoms with Crippen LogP contribution in [0.1, 0.15) is 30.3 Å². The first-order chi connectivity index (χ1) is 13.1. The van der Waals surface area contributed by atoms with E-state index in [2.05, 4.69) is 70.1 Å². The van der Waals surface area contributed by atoms with E-state index in [1.54, 1.807) is 13.4 Å². The smallest absolute Gasteiger partial charge is 0.194 e. The number of nitrogens with zero attached hydrogens (tertiary/aromatic N) is 5. The first-order valence-electron chi connectivity index (χ1n) is 9.54. The lowest BCUT2D eigenvalue weighted by Gasteiger charge is -2.23. The third-order valence-corrected chi connectivity index (χ3v) is 4.32. The fourth-order valence-electron chi connectivity index (χ4n) is 2.78. The number of aliphatic imine (C=N–C) groups is 1. The van der Waals surface area contributed by atoms with Gasteiger partial charge >= 0.3 is 0 Å². The van der Waals surface area contributed by atoms with E-state index in [9.17, 15) is 0 Å². The van der Waals surface area contributed by atoms with Gasteiger partial charge in [0.2, 0.25) is 0 Å². The Hall–Kier alpha value is -2.41. The van der Waals surface area contributed by atoms with Crippen LogP contribution in [0.5, 0.6) is 0 Å². The molecule has 0 fully saturated rings. The van der Waals surface area contributed by atoms with Crippen LogP contribution < -0.4 is 5.32 Å². The van der Waals surface area contributed by atoms with Crippen LogP contribution in [0.2, 0.25) is 0 Å². The highest BCUT2D eigenvalue weighted by Crippen LogP contribution is 2.06. The standard InChI is InChI=1S/C20H32N6O/c1-5-19-24-23-16-26(19)13-12-22-20(21-11-6-14-27-4)25(3)15-18-9-7-17(2)8-10-18/h7-10,16H,5-6,11-15H2,1-4H3,(H,21,22). The highest BCUT2D eigenvalue weighted by Gasteiger charge is 2.08. The maximum absolute atomic E-state index is 5.13. The van der Waals surface area contributed by atoms with Crippen molar-refractivity contribution in [3.63, 3.8) is 0 Å². The van der Waals surface area contributed by atoms with Gasteiger partial charge in [-0.25, -0.2) is 0 Å². The number of aromatic nitrogens is 3. The summed E-state index contributed by atoms with van der Waals surface area (Å²) in [6, 6.07) is 8.62. The first-order valence-corrected chi connectivity index (χ1v) is 9.54. The van der Waals surface area contributed by atoms with Gasteiger partial charge in [-0.1, -0.05) is 36.8 Å². The van der Waals surface area contributed by atoms with Crippen LogP contribution in [0.3, 0.4) is 0 Å². The molecule has 0 aliphatic heterocycles. The quantitative estimate of drug-likeness (QED) is 0.394. The number of ether oxygens (including phenoxy) is 1. The highest BCUT2D eigenvalue weighted by atomic mass is 16.5. The van der Waals surface area contributed by atoms with Crippen molar-refractivity contribution in [2.75, 3.05) is 33.9 Å². The Morgan fingerprint density at radius 1 is 1.30 bits per heavy atom. The van der Waals surface area contributed by atoms with E-state index >= 15 is 0 Å². The maximum atomic E-state index is 5.13. The predicted molar refractivity (Wildman–Crippen MR) is 109 cm³/mol. The van der Waals surface area contributed by atoms with Crippen LogP contribution >= 0.6 is 0 Å². The topological polar surface area (TPSA) is 67.6 Å².